The third kappa shape index (κ3) is 6.97. The van der Waals surface area contributed by atoms with Gasteiger partial charge < -0.3 is 10.2 Å². The van der Waals surface area contributed by atoms with Crippen molar-refractivity contribution >= 4 is 21.4 Å². The molecule has 1 aromatic carbocycles. The maximum Gasteiger partial charge on any atom is 0.234 e. The van der Waals surface area contributed by atoms with Crippen LogP contribution in [0.4, 0.5) is 5.69 Å². The van der Waals surface area contributed by atoms with Crippen LogP contribution in [-0.4, -0.2) is 94.5 Å². The second-order valence-electron chi connectivity index (χ2n) is 8.19. The van der Waals surface area contributed by atoms with Gasteiger partial charge in [-0.25, -0.2) is 8.42 Å². The smallest absolute Gasteiger partial charge is 0.234 e. The molecule has 2 heterocycles. The topological polar surface area (TPSA) is 73.0 Å². The molecule has 1 amide bonds. The lowest BCUT2D eigenvalue weighted by Gasteiger charge is -2.36. The number of hydrogen-bond donors (Lipinski definition) is 1. The number of nitrogens with zero attached hydrogens (tertiary/aromatic N) is 3. The molecular weight excluding hydrogens is 388 g/mol. The Kier molecular flexibility index (Phi) is 7.91. The van der Waals surface area contributed by atoms with E-state index in [1.807, 2.05) is 11.9 Å². The number of sulfone groups is 1. The van der Waals surface area contributed by atoms with Crippen molar-refractivity contribution in [3.63, 3.8) is 0 Å². The number of para-hydroxylation sites is 1. The summed E-state index contributed by atoms with van der Waals surface area (Å²) in [4.78, 5) is 18.9. The Bertz CT molecular complexity index is 748. The first-order chi connectivity index (χ1) is 13.9. The van der Waals surface area contributed by atoms with Crippen molar-refractivity contribution in [3.05, 3.63) is 30.3 Å². The highest BCUT2D eigenvalue weighted by molar-refractivity contribution is 7.91. The van der Waals surface area contributed by atoms with Gasteiger partial charge in [0.2, 0.25) is 5.91 Å². The number of carbonyl (C=O) groups is 1. The highest BCUT2D eigenvalue weighted by Gasteiger charge is 2.31. The van der Waals surface area contributed by atoms with Gasteiger partial charge in [-0.3, -0.25) is 14.6 Å². The molecule has 29 heavy (non-hydrogen) atoms. The van der Waals surface area contributed by atoms with Gasteiger partial charge in [0.15, 0.2) is 9.84 Å². The van der Waals surface area contributed by atoms with E-state index >= 15 is 0 Å². The number of amides is 1. The van der Waals surface area contributed by atoms with Crippen LogP contribution in [0, 0.1) is 0 Å². The van der Waals surface area contributed by atoms with E-state index in [4.69, 9.17) is 0 Å². The van der Waals surface area contributed by atoms with Gasteiger partial charge in [-0.2, -0.15) is 0 Å². The van der Waals surface area contributed by atoms with Gasteiger partial charge in [0, 0.05) is 44.5 Å². The fourth-order valence-corrected chi connectivity index (χ4v) is 5.90. The zero-order valence-corrected chi connectivity index (χ0v) is 18.2. The second-order valence-corrected chi connectivity index (χ2v) is 10.4. The van der Waals surface area contributed by atoms with E-state index in [-0.39, 0.29) is 30.0 Å². The molecule has 1 atom stereocenters. The van der Waals surface area contributed by atoms with Crippen LogP contribution in [-0.2, 0) is 14.6 Å². The molecule has 2 fully saturated rings. The van der Waals surface area contributed by atoms with Crippen LogP contribution < -0.4 is 10.2 Å². The van der Waals surface area contributed by atoms with Gasteiger partial charge in [-0.15, -0.1) is 0 Å². The summed E-state index contributed by atoms with van der Waals surface area (Å²) in [6, 6.07) is 10.5. The summed E-state index contributed by atoms with van der Waals surface area (Å²) in [5.74, 6) is 0.394. The first-order valence-corrected chi connectivity index (χ1v) is 12.4. The zero-order chi connectivity index (χ0) is 20.7. The average molecular weight is 423 g/mol. The van der Waals surface area contributed by atoms with Gasteiger partial charge in [0.25, 0.3) is 0 Å². The number of rotatable bonds is 9. The Hall–Kier alpha value is -1.64. The summed E-state index contributed by atoms with van der Waals surface area (Å²) in [5, 5.41) is 2.97. The zero-order valence-electron chi connectivity index (χ0n) is 17.4. The van der Waals surface area contributed by atoms with Crippen molar-refractivity contribution in [1.29, 1.82) is 0 Å². The minimum Gasteiger partial charge on any atom is -0.369 e. The second kappa shape index (κ2) is 10.4. The Morgan fingerprint density at radius 1 is 1.14 bits per heavy atom. The lowest BCUT2D eigenvalue weighted by atomic mass is 10.2. The van der Waals surface area contributed by atoms with Crippen LogP contribution in [0.25, 0.3) is 0 Å². The summed E-state index contributed by atoms with van der Waals surface area (Å²) in [6.07, 6.45) is 2.66. The predicted octanol–water partition coefficient (Wildman–Crippen LogP) is 0.824. The molecule has 1 aromatic rings. The molecule has 8 heteroatoms. The largest absolute Gasteiger partial charge is 0.369 e. The van der Waals surface area contributed by atoms with Crippen molar-refractivity contribution in [3.8, 4) is 0 Å². The molecule has 2 aliphatic heterocycles. The number of nitrogens with one attached hydrogen (secondary N) is 1. The minimum atomic E-state index is -2.91. The maximum absolute atomic E-state index is 12.1. The molecule has 1 unspecified atom stereocenters. The number of likely N-dealkylation sites (N-methyl/N-ethyl adjacent to an activating group) is 1. The summed E-state index contributed by atoms with van der Waals surface area (Å²) < 4.78 is 23.1. The third-order valence-corrected chi connectivity index (χ3v) is 7.69. The molecule has 1 N–H and O–H groups in total. The fourth-order valence-electron chi connectivity index (χ4n) is 4.09. The molecule has 0 aliphatic carbocycles. The number of unbranched alkanes of at least 4 members (excludes halogenated alkanes) is 1. The summed E-state index contributed by atoms with van der Waals surface area (Å²) >= 11 is 0. The number of carbonyl (C=O) groups excluding carboxylic acids is 1. The van der Waals surface area contributed by atoms with E-state index < -0.39 is 9.84 Å². The molecule has 0 bridgehead atoms. The van der Waals surface area contributed by atoms with Gasteiger partial charge >= 0.3 is 0 Å². The van der Waals surface area contributed by atoms with E-state index in [0.717, 1.165) is 45.6 Å². The Morgan fingerprint density at radius 3 is 2.52 bits per heavy atom. The molecule has 0 spiro atoms. The first kappa shape index (κ1) is 22.1. The van der Waals surface area contributed by atoms with Crippen molar-refractivity contribution < 1.29 is 13.2 Å². The van der Waals surface area contributed by atoms with Crippen molar-refractivity contribution in [2.75, 3.05) is 69.3 Å². The number of benzene rings is 1. The number of piperazine rings is 1. The monoisotopic (exact) mass is 422 g/mol. The maximum atomic E-state index is 12.1. The van der Waals surface area contributed by atoms with Gasteiger partial charge in [-0.1, -0.05) is 18.2 Å². The van der Waals surface area contributed by atoms with Crippen LogP contribution >= 0.6 is 0 Å². The summed E-state index contributed by atoms with van der Waals surface area (Å²) in [5.41, 5.74) is 1.30. The van der Waals surface area contributed by atoms with E-state index in [1.54, 1.807) is 0 Å². The minimum absolute atomic E-state index is 0.0201. The molecule has 2 aliphatic rings. The van der Waals surface area contributed by atoms with Crippen LogP contribution in [0.5, 0.6) is 0 Å². The van der Waals surface area contributed by atoms with Gasteiger partial charge in [-0.05, 0) is 45.0 Å². The fraction of sp³-hybridized carbons (Fsp3) is 0.667. The summed E-state index contributed by atoms with van der Waals surface area (Å²) in [6.45, 7) is 6.29. The molecule has 0 saturated carbocycles. The standard InChI is InChI=1S/C21H34N4O3S/c1-23(20-9-16-29(27,28)18-20)17-21(26)22-10-5-6-11-24-12-14-25(15-13-24)19-7-3-2-4-8-19/h2-4,7-8,20H,5-6,9-18H2,1H3,(H,22,26). The van der Waals surface area contributed by atoms with Crippen LogP contribution in [0.15, 0.2) is 30.3 Å². The molecule has 3 rings (SSSR count). The number of hydrogen-bond acceptors (Lipinski definition) is 6. The van der Waals surface area contributed by atoms with Crippen molar-refractivity contribution in [1.82, 2.24) is 15.1 Å². The molecule has 162 valence electrons. The molecular formula is C21H34N4O3S. The number of anilines is 1. The Morgan fingerprint density at radius 2 is 1.86 bits per heavy atom. The summed E-state index contributed by atoms with van der Waals surface area (Å²) in [7, 11) is -1.08. The highest BCUT2D eigenvalue weighted by atomic mass is 32.2. The SMILES string of the molecule is CN(CC(=O)NCCCCN1CCN(c2ccccc2)CC1)C1CCS(=O)(=O)C1. The highest BCUT2D eigenvalue weighted by Crippen LogP contribution is 2.16. The third-order valence-electron chi connectivity index (χ3n) is 5.94. The lowest BCUT2D eigenvalue weighted by molar-refractivity contribution is -0.122. The van der Waals surface area contributed by atoms with E-state index in [2.05, 4.69) is 45.4 Å². The quantitative estimate of drug-likeness (QED) is 0.594. The van der Waals surface area contributed by atoms with Gasteiger partial charge in [0.05, 0.1) is 18.1 Å². The van der Waals surface area contributed by atoms with Crippen LogP contribution in [0.3, 0.4) is 0 Å². The van der Waals surface area contributed by atoms with Crippen LogP contribution in [0.1, 0.15) is 19.3 Å². The average Bonchev–Trinajstić information content (AvgIpc) is 3.09. The molecule has 0 radical (unpaired) electrons. The van der Waals surface area contributed by atoms with Crippen molar-refractivity contribution in [2.24, 2.45) is 0 Å². The van der Waals surface area contributed by atoms with Gasteiger partial charge in [0.1, 0.15) is 0 Å². The Balaban J connectivity index is 1.24. The molecule has 7 nitrogen and oxygen atoms in total. The van der Waals surface area contributed by atoms with E-state index in [1.165, 1.54) is 5.69 Å². The van der Waals surface area contributed by atoms with Crippen LogP contribution in [0.2, 0.25) is 0 Å². The molecule has 0 aromatic heterocycles. The van der Waals surface area contributed by atoms with Crippen molar-refractivity contribution in [2.45, 2.75) is 25.3 Å². The Labute approximate surface area is 175 Å². The normalized spacial score (nSPS) is 22.1. The lowest BCUT2D eigenvalue weighted by Crippen LogP contribution is -2.46. The van der Waals surface area contributed by atoms with E-state index in [9.17, 15) is 13.2 Å². The van der Waals surface area contributed by atoms with E-state index in [0.29, 0.717) is 13.0 Å². The molecule has 2 saturated heterocycles. The first-order valence-electron chi connectivity index (χ1n) is 10.6. The predicted molar refractivity (Wildman–Crippen MR) is 117 cm³/mol.